The normalized spacial score (nSPS) is 11.9. The molecule has 1 rings (SSSR count). The fourth-order valence-corrected chi connectivity index (χ4v) is 1.20. The molecule has 0 fully saturated rings. The largest absolute Gasteiger partial charge is 0.481 e. The molecule has 1 unspecified atom stereocenters. The van der Waals surface area contributed by atoms with Crippen molar-refractivity contribution in [3.05, 3.63) is 29.3 Å². The Morgan fingerprint density at radius 1 is 1.56 bits per heavy atom. The second kappa shape index (κ2) is 6.35. The Morgan fingerprint density at radius 3 is 2.94 bits per heavy atom. The van der Waals surface area contributed by atoms with Crippen molar-refractivity contribution in [2.45, 2.75) is 20.0 Å². The molecule has 1 amide bonds. The molecule has 0 aliphatic heterocycles. The van der Waals surface area contributed by atoms with Crippen molar-refractivity contribution in [3.63, 3.8) is 0 Å². The van der Waals surface area contributed by atoms with Gasteiger partial charge in [0, 0.05) is 5.02 Å². The Morgan fingerprint density at radius 2 is 2.31 bits per heavy atom. The molecule has 88 valence electrons. The summed E-state index contributed by atoms with van der Waals surface area (Å²) in [5.74, 6) is 0.216. The fourth-order valence-electron chi connectivity index (χ4n) is 1.02. The van der Waals surface area contributed by atoms with Crippen LogP contribution in [0.1, 0.15) is 13.8 Å². The van der Waals surface area contributed by atoms with Gasteiger partial charge in [-0.25, -0.2) is 5.48 Å². The Hall–Kier alpha value is -1.26. The van der Waals surface area contributed by atoms with E-state index in [1.165, 1.54) is 0 Å². The van der Waals surface area contributed by atoms with Gasteiger partial charge in [0.25, 0.3) is 5.91 Å². The van der Waals surface area contributed by atoms with Gasteiger partial charge >= 0.3 is 0 Å². The second-order valence-corrected chi connectivity index (χ2v) is 3.55. The summed E-state index contributed by atoms with van der Waals surface area (Å²) in [7, 11) is 0. The van der Waals surface area contributed by atoms with Gasteiger partial charge < -0.3 is 4.74 Å². The summed E-state index contributed by atoms with van der Waals surface area (Å²) in [6, 6.07) is 6.87. The van der Waals surface area contributed by atoms with Crippen molar-refractivity contribution in [2.75, 3.05) is 6.61 Å². The van der Waals surface area contributed by atoms with Crippen LogP contribution in [0.25, 0.3) is 0 Å². The average Bonchev–Trinajstić information content (AvgIpc) is 2.25. The van der Waals surface area contributed by atoms with Crippen LogP contribution in [-0.4, -0.2) is 18.6 Å². The number of hydroxylamine groups is 1. The molecule has 1 aromatic rings. The molecule has 1 atom stereocenters. The minimum absolute atomic E-state index is 0.332. The van der Waals surface area contributed by atoms with Crippen LogP contribution in [0.4, 0.5) is 0 Å². The first kappa shape index (κ1) is 12.8. The van der Waals surface area contributed by atoms with Crippen molar-refractivity contribution >= 4 is 17.5 Å². The quantitative estimate of drug-likeness (QED) is 0.807. The van der Waals surface area contributed by atoms with Gasteiger partial charge in [-0.05, 0) is 32.0 Å². The number of hydrogen-bond donors (Lipinski definition) is 1. The van der Waals surface area contributed by atoms with Crippen LogP contribution >= 0.6 is 11.6 Å². The number of carbonyl (C=O) groups excluding carboxylic acids is 1. The van der Waals surface area contributed by atoms with Crippen molar-refractivity contribution < 1.29 is 14.4 Å². The van der Waals surface area contributed by atoms with Crippen molar-refractivity contribution in [2.24, 2.45) is 0 Å². The standard InChI is InChI=1S/C11H14ClNO3/c1-3-15-13-11(14)8(2)16-10-6-4-5-9(12)7-10/h4-8H,3H2,1-2H3,(H,13,14). The Bertz CT molecular complexity index is 357. The van der Waals surface area contributed by atoms with E-state index in [1.807, 2.05) is 0 Å². The van der Waals surface area contributed by atoms with E-state index in [4.69, 9.17) is 21.2 Å². The molecule has 0 spiro atoms. The van der Waals surface area contributed by atoms with Crippen LogP contribution < -0.4 is 10.2 Å². The number of ether oxygens (including phenoxy) is 1. The highest BCUT2D eigenvalue weighted by atomic mass is 35.5. The van der Waals surface area contributed by atoms with Gasteiger partial charge in [0.15, 0.2) is 6.10 Å². The third-order valence-corrected chi connectivity index (χ3v) is 2.03. The zero-order chi connectivity index (χ0) is 12.0. The minimum Gasteiger partial charge on any atom is -0.481 e. The lowest BCUT2D eigenvalue weighted by Gasteiger charge is -2.14. The highest BCUT2D eigenvalue weighted by Crippen LogP contribution is 2.18. The minimum atomic E-state index is -0.634. The molecule has 1 N–H and O–H groups in total. The first-order valence-corrected chi connectivity index (χ1v) is 5.35. The van der Waals surface area contributed by atoms with E-state index in [9.17, 15) is 4.79 Å². The molecule has 0 saturated carbocycles. The lowest BCUT2D eigenvalue weighted by atomic mass is 10.3. The molecular weight excluding hydrogens is 230 g/mol. The van der Waals surface area contributed by atoms with E-state index in [0.717, 1.165) is 0 Å². The predicted octanol–water partition coefficient (Wildman–Crippen LogP) is 2.17. The van der Waals surface area contributed by atoms with Gasteiger partial charge in [0.05, 0.1) is 6.61 Å². The van der Waals surface area contributed by atoms with Crippen LogP contribution in [0.3, 0.4) is 0 Å². The van der Waals surface area contributed by atoms with Gasteiger partial charge in [-0.1, -0.05) is 17.7 Å². The molecule has 0 radical (unpaired) electrons. The average molecular weight is 244 g/mol. The van der Waals surface area contributed by atoms with Crippen LogP contribution in [0.2, 0.25) is 5.02 Å². The van der Waals surface area contributed by atoms with Crippen LogP contribution in [0.5, 0.6) is 5.75 Å². The number of hydrogen-bond acceptors (Lipinski definition) is 3. The molecule has 0 saturated heterocycles. The lowest BCUT2D eigenvalue weighted by Crippen LogP contribution is -2.36. The molecule has 16 heavy (non-hydrogen) atoms. The smallest absolute Gasteiger partial charge is 0.284 e. The molecule has 0 heterocycles. The first-order chi connectivity index (χ1) is 7.63. The van der Waals surface area contributed by atoms with Gasteiger partial charge in [0.2, 0.25) is 0 Å². The van der Waals surface area contributed by atoms with Crippen LogP contribution in [-0.2, 0) is 9.63 Å². The molecular formula is C11H14ClNO3. The van der Waals surface area contributed by atoms with Crippen LogP contribution in [0, 0.1) is 0 Å². The lowest BCUT2D eigenvalue weighted by molar-refractivity contribution is -0.139. The van der Waals surface area contributed by atoms with Gasteiger partial charge in [0.1, 0.15) is 5.75 Å². The summed E-state index contributed by atoms with van der Waals surface area (Å²) < 4.78 is 5.38. The molecule has 0 aliphatic rings. The summed E-state index contributed by atoms with van der Waals surface area (Å²) in [6.45, 7) is 3.83. The Kier molecular flexibility index (Phi) is 5.08. The summed E-state index contributed by atoms with van der Waals surface area (Å²) >= 11 is 5.79. The van der Waals surface area contributed by atoms with E-state index in [2.05, 4.69) is 5.48 Å². The summed E-state index contributed by atoms with van der Waals surface area (Å²) in [5.41, 5.74) is 2.27. The van der Waals surface area contributed by atoms with E-state index in [1.54, 1.807) is 38.1 Å². The summed E-state index contributed by atoms with van der Waals surface area (Å²) in [6.07, 6.45) is -0.634. The second-order valence-electron chi connectivity index (χ2n) is 3.12. The monoisotopic (exact) mass is 243 g/mol. The summed E-state index contributed by atoms with van der Waals surface area (Å²) in [5, 5.41) is 0.565. The zero-order valence-corrected chi connectivity index (χ0v) is 9.95. The third kappa shape index (κ3) is 4.08. The van der Waals surface area contributed by atoms with Gasteiger partial charge in [-0.15, -0.1) is 0 Å². The molecule has 0 bridgehead atoms. The van der Waals surface area contributed by atoms with Crippen molar-refractivity contribution in [1.82, 2.24) is 5.48 Å². The van der Waals surface area contributed by atoms with E-state index in [-0.39, 0.29) is 5.91 Å². The number of benzene rings is 1. The van der Waals surface area contributed by atoms with E-state index < -0.39 is 6.10 Å². The summed E-state index contributed by atoms with van der Waals surface area (Å²) in [4.78, 5) is 16.2. The Labute approximate surface area is 99.5 Å². The maximum Gasteiger partial charge on any atom is 0.284 e. The van der Waals surface area contributed by atoms with Crippen LogP contribution in [0.15, 0.2) is 24.3 Å². The number of halogens is 1. The van der Waals surface area contributed by atoms with Crippen molar-refractivity contribution in [3.8, 4) is 5.75 Å². The van der Waals surface area contributed by atoms with Gasteiger partial charge in [-0.3, -0.25) is 9.63 Å². The zero-order valence-electron chi connectivity index (χ0n) is 9.20. The van der Waals surface area contributed by atoms with Gasteiger partial charge in [-0.2, -0.15) is 0 Å². The predicted molar refractivity (Wildman–Crippen MR) is 61.3 cm³/mol. The number of rotatable bonds is 5. The molecule has 0 aliphatic carbocycles. The first-order valence-electron chi connectivity index (χ1n) is 4.97. The van der Waals surface area contributed by atoms with E-state index >= 15 is 0 Å². The number of nitrogens with one attached hydrogen (secondary N) is 1. The fraction of sp³-hybridized carbons (Fsp3) is 0.364. The topological polar surface area (TPSA) is 47.6 Å². The molecule has 0 aromatic heterocycles. The van der Waals surface area contributed by atoms with E-state index in [0.29, 0.717) is 17.4 Å². The molecule has 1 aromatic carbocycles. The number of carbonyl (C=O) groups is 1. The SMILES string of the molecule is CCONC(=O)C(C)Oc1cccc(Cl)c1. The maximum absolute atomic E-state index is 11.4. The highest BCUT2D eigenvalue weighted by Gasteiger charge is 2.14. The molecule has 4 nitrogen and oxygen atoms in total. The maximum atomic E-state index is 11.4. The third-order valence-electron chi connectivity index (χ3n) is 1.80. The van der Waals surface area contributed by atoms with Crippen molar-refractivity contribution in [1.29, 1.82) is 0 Å². The highest BCUT2D eigenvalue weighted by molar-refractivity contribution is 6.30. The number of amides is 1. The molecule has 5 heteroatoms. The Balaban J connectivity index is 2.50.